The van der Waals surface area contributed by atoms with Gasteiger partial charge in [-0.15, -0.1) is 0 Å². The number of rotatable bonds is 4. The van der Waals surface area contributed by atoms with Gasteiger partial charge in [0.15, 0.2) is 0 Å². The molecule has 1 fully saturated rings. The van der Waals surface area contributed by atoms with Gasteiger partial charge in [-0.25, -0.2) is 0 Å². The van der Waals surface area contributed by atoms with E-state index in [-0.39, 0.29) is 0 Å². The van der Waals surface area contributed by atoms with Crippen molar-refractivity contribution in [3.8, 4) is 0 Å². The Bertz CT molecular complexity index is 437. The number of piperidine rings is 1. The van der Waals surface area contributed by atoms with Crippen LogP contribution in [0, 0.1) is 11.8 Å². The van der Waals surface area contributed by atoms with E-state index in [9.17, 15) is 0 Å². The minimum Gasteiger partial charge on any atom is -0.370 e. The summed E-state index contributed by atoms with van der Waals surface area (Å²) in [6.07, 6.45) is 2.56. The lowest BCUT2D eigenvalue weighted by Crippen LogP contribution is -2.35. The highest BCUT2D eigenvalue weighted by molar-refractivity contribution is 6.33. The lowest BCUT2D eigenvalue weighted by molar-refractivity contribution is 0.311. The van der Waals surface area contributed by atoms with Crippen molar-refractivity contribution in [3.63, 3.8) is 0 Å². The van der Waals surface area contributed by atoms with Crippen molar-refractivity contribution < 1.29 is 0 Å². The number of nitrogens with zero attached hydrogens (tertiary/aromatic N) is 1. The summed E-state index contributed by atoms with van der Waals surface area (Å²) >= 11 is 6.49. The molecule has 2 rings (SSSR count). The van der Waals surface area contributed by atoms with Gasteiger partial charge in [-0.3, -0.25) is 0 Å². The quantitative estimate of drug-likeness (QED) is 0.880. The zero-order valence-corrected chi connectivity index (χ0v) is 13.9. The number of nitrogens with one attached hydrogen (secondary N) is 1. The highest BCUT2D eigenvalue weighted by Crippen LogP contribution is 2.33. The molecule has 1 unspecified atom stereocenters. The number of hydrogen-bond donors (Lipinski definition) is 1. The maximum atomic E-state index is 6.49. The maximum Gasteiger partial charge on any atom is 0.0642 e. The Balaban J connectivity index is 2.07. The molecule has 0 aromatic heterocycles. The van der Waals surface area contributed by atoms with Crippen molar-refractivity contribution in [2.45, 2.75) is 39.7 Å². The topological polar surface area (TPSA) is 15.3 Å². The van der Waals surface area contributed by atoms with Gasteiger partial charge in [0.05, 0.1) is 10.7 Å². The molecule has 0 radical (unpaired) electrons. The summed E-state index contributed by atoms with van der Waals surface area (Å²) in [5, 5.41) is 4.14. The van der Waals surface area contributed by atoms with Crippen LogP contribution in [-0.4, -0.2) is 20.1 Å². The van der Waals surface area contributed by atoms with E-state index < -0.39 is 0 Å². The minimum atomic E-state index is 0.341. The van der Waals surface area contributed by atoms with Gasteiger partial charge in [-0.1, -0.05) is 31.5 Å². The van der Waals surface area contributed by atoms with Gasteiger partial charge in [-0.05, 0) is 56.3 Å². The van der Waals surface area contributed by atoms with Crippen LogP contribution in [0.2, 0.25) is 5.02 Å². The Labute approximate surface area is 128 Å². The molecule has 1 aliphatic rings. The van der Waals surface area contributed by atoms with Crippen molar-refractivity contribution in [2.24, 2.45) is 11.8 Å². The predicted molar refractivity (Wildman–Crippen MR) is 88.7 cm³/mol. The molecule has 0 bridgehead atoms. The molecule has 0 spiro atoms. The van der Waals surface area contributed by atoms with Crippen molar-refractivity contribution in [1.29, 1.82) is 0 Å². The SMILES string of the molecule is CNC(C)c1ccc(N2CCC(C(C)C)CC2)c(Cl)c1. The number of halogens is 1. The molecule has 0 saturated carbocycles. The average Bonchev–Trinajstić information content (AvgIpc) is 2.46. The van der Waals surface area contributed by atoms with Crippen LogP contribution in [0.25, 0.3) is 0 Å². The summed E-state index contributed by atoms with van der Waals surface area (Å²) in [4.78, 5) is 2.44. The lowest BCUT2D eigenvalue weighted by atomic mass is 9.86. The molecule has 1 N–H and O–H groups in total. The summed E-state index contributed by atoms with van der Waals surface area (Å²) in [5.41, 5.74) is 2.44. The second-order valence-electron chi connectivity index (χ2n) is 6.29. The molecule has 1 aromatic carbocycles. The Hall–Kier alpha value is -0.730. The smallest absolute Gasteiger partial charge is 0.0642 e. The van der Waals surface area contributed by atoms with Crippen molar-refractivity contribution in [2.75, 3.05) is 25.0 Å². The van der Waals surface area contributed by atoms with E-state index in [1.54, 1.807) is 0 Å². The molecule has 3 heteroatoms. The van der Waals surface area contributed by atoms with E-state index in [1.165, 1.54) is 24.1 Å². The normalized spacial score (nSPS) is 18.6. The lowest BCUT2D eigenvalue weighted by Gasteiger charge is -2.36. The van der Waals surface area contributed by atoms with E-state index in [1.807, 2.05) is 7.05 Å². The fourth-order valence-electron chi connectivity index (χ4n) is 3.02. The van der Waals surface area contributed by atoms with Crippen molar-refractivity contribution in [1.82, 2.24) is 5.32 Å². The van der Waals surface area contributed by atoms with Crippen LogP contribution in [0.4, 0.5) is 5.69 Å². The molecule has 1 atom stereocenters. The van der Waals surface area contributed by atoms with Crippen molar-refractivity contribution in [3.05, 3.63) is 28.8 Å². The molecule has 1 aromatic rings. The molecule has 1 aliphatic heterocycles. The monoisotopic (exact) mass is 294 g/mol. The fourth-order valence-corrected chi connectivity index (χ4v) is 3.33. The molecule has 2 nitrogen and oxygen atoms in total. The third-order valence-electron chi connectivity index (χ3n) is 4.73. The summed E-state index contributed by atoms with van der Waals surface area (Å²) in [5.74, 6) is 1.67. The van der Waals surface area contributed by atoms with Crippen LogP contribution < -0.4 is 10.2 Å². The van der Waals surface area contributed by atoms with E-state index in [0.29, 0.717) is 6.04 Å². The maximum absolute atomic E-state index is 6.49. The van der Waals surface area contributed by atoms with E-state index >= 15 is 0 Å². The second-order valence-corrected chi connectivity index (χ2v) is 6.70. The van der Waals surface area contributed by atoms with Gasteiger partial charge in [-0.2, -0.15) is 0 Å². The van der Waals surface area contributed by atoms with Gasteiger partial charge >= 0.3 is 0 Å². The number of benzene rings is 1. The van der Waals surface area contributed by atoms with E-state index in [0.717, 1.165) is 29.9 Å². The zero-order chi connectivity index (χ0) is 14.7. The predicted octanol–water partition coefficient (Wildman–Crippen LogP) is 4.49. The molecule has 0 aliphatic carbocycles. The summed E-state index contributed by atoms with van der Waals surface area (Å²) in [6.45, 7) is 9.08. The van der Waals surface area contributed by atoms with Crippen LogP contribution >= 0.6 is 11.6 Å². The Morgan fingerprint density at radius 3 is 2.35 bits per heavy atom. The third-order valence-corrected chi connectivity index (χ3v) is 5.03. The number of hydrogen-bond acceptors (Lipinski definition) is 2. The van der Waals surface area contributed by atoms with Gasteiger partial charge in [0.1, 0.15) is 0 Å². The van der Waals surface area contributed by atoms with Crippen LogP contribution in [0.3, 0.4) is 0 Å². The average molecular weight is 295 g/mol. The molecule has 1 saturated heterocycles. The summed E-state index contributed by atoms with van der Waals surface area (Å²) in [7, 11) is 1.98. The van der Waals surface area contributed by atoms with Crippen LogP contribution in [-0.2, 0) is 0 Å². The van der Waals surface area contributed by atoms with Gasteiger partial charge in [0.25, 0.3) is 0 Å². The van der Waals surface area contributed by atoms with Gasteiger partial charge in [0, 0.05) is 19.1 Å². The van der Waals surface area contributed by atoms with Crippen LogP contribution in [0.5, 0.6) is 0 Å². The second kappa shape index (κ2) is 6.82. The largest absolute Gasteiger partial charge is 0.370 e. The first-order valence-corrected chi connectivity index (χ1v) is 8.12. The first kappa shape index (κ1) is 15.7. The Morgan fingerprint density at radius 2 is 1.85 bits per heavy atom. The van der Waals surface area contributed by atoms with Gasteiger partial charge in [0.2, 0.25) is 0 Å². The highest BCUT2D eigenvalue weighted by atomic mass is 35.5. The zero-order valence-electron chi connectivity index (χ0n) is 13.1. The van der Waals surface area contributed by atoms with E-state index in [4.69, 9.17) is 11.6 Å². The Kier molecular flexibility index (Phi) is 5.34. The molecular formula is C17H27ClN2. The molecular weight excluding hydrogens is 268 g/mol. The standard InChI is InChI=1S/C17H27ClN2/c1-12(2)14-7-9-20(10-8-14)17-6-5-15(11-16(17)18)13(3)19-4/h5-6,11-14,19H,7-10H2,1-4H3. The summed E-state index contributed by atoms with van der Waals surface area (Å²) < 4.78 is 0. The molecule has 112 valence electrons. The molecule has 20 heavy (non-hydrogen) atoms. The first-order valence-electron chi connectivity index (χ1n) is 7.74. The first-order chi connectivity index (χ1) is 9.52. The number of anilines is 1. The Morgan fingerprint density at radius 1 is 1.20 bits per heavy atom. The van der Waals surface area contributed by atoms with Crippen molar-refractivity contribution >= 4 is 17.3 Å². The van der Waals surface area contributed by atoms with Crippen LogP contribution in [0.15, 0.2) is 18.2 Å². The minimum absolute atomic E-state index is 0.341. The summed E-state index contributed by atoms with van der Waals surface area (Å²) in [6, 6.07) is 6.82. The van der Waals surface area contributed by atoms with E-state index in [2.05, 4.69) is 49.2 Å². The van der Waals surface area contributed by atoms with Crippen LogP contribution in [0.1, 0.15) is 45.2 Å². The molecule has 0 amide bonds. The third kappa shape index (κ3) is 3.48. The molecule has 1 heterocycles. The van der Waals surface area contributed by atoms with Gasteiger partial charge < -0.3 is 10.2 Å². The fraction of sp³-hybridized carbons (Fsp3) is 0.647. The highest BCUT2D eigenvalue weighted by Gasteiger charge is 2.23.